The van der Waals surface area contributed by atoms with E-state index < -0.39 is 21.9 Å². The number of hydrogen-bond acceptors (Lipinski definition) is 6. The third kappa shape index (κ3) is 8.21. The Labute approximate surface area is 314 Å². The number of fused-ring (bicyclic) bond motifs is 2. The van der Waals surface area contributed by atoms with Crippen LogP contribution in [0.3, 0.4) is 0 Å². The molecule has 0 spiro atoms. The average molecular weight is 753 g/mol. The molecule has 0 aromatic heterocycles. The Morgan fingerprint density at radius 2 is 1.75 bits per heavy atom. The molecule has 2 bridgehead atoms. The minimum Gasteiger partial charge on any atom is -0.494 e. The van der Waals surface area contributed by atoms with Crippen molar-refractivity contribution in [2.45, 2.75) is 84.2 Å². The SMILES string of the molecule is COc1ccc(Cl)c(CN(Cc2cccc(CN3C(C(=O)N[C@H]4C[C@@H]5C[C@H]([C@@H]4C)C5(C)C)CCS3(=O)=O)c2)[C@@H](Cc2ccccc2)CN(C)C)c1F. The van der Waals surface area contributed by atoms with E-state index in [4.69, 9.17) is 16.3 Å². The van der Waals surface area contributed by atoms with Crippen molar-refractivity contribution in [2.75, 3.05) is 33.5 Å². The van der Waals surface area contributed by atoms with Gasteiger partial charge in [0.15, 0.2) is 11.6 Å². The van der Waals surface area contributed by atoms with Gasteiger partial charge in [-0.25, -0.2) is 12.8 Å². The number of nitrogens with one attached hydrogen (secondary N) is 1. The molecule has 11 heteroatoms. The number of hydrogen-bond donors (Lipinski definition) is 1. The summed E-state index contributed by atoms with van der Waals surface area (Å²) in [6.07, 6.45) is 3.16. The van der Waals surface area contributed by atoms with Gasteiger partial charge in [0.1, 0.15) is 6.04 Å². The molecule has 7 rings (SSSR count). The van der Waals surface area contributed by atoms with Crippen molar-refractivity contribution in [1.29, 1.82) is 0 Å². The van der Waals surface area contributed by atoms with Gasteiger partial charge in [-0.15, -0.1) is 0 Å². The molecule has 1 N–H and O–H groups in total. The maximum atomic E-state index is 15.7. The number of likely N-dealkylation sites (N-methyl/N-ethyl adjacent to an activating group) is 1. The minimum absolute atomic E-state index is 0.0199. The first-order chi connectivity index (χ1) is 24.7. The van der Waals surface area contributed by atoms with Gasteiger partial charge in [0.05, 0.1) is 12.9 Å². The summed E-state index contributed by atoms with van der Waals surface area (Å²) in [5, 5.41) is 3.61. The van der Waals surface area contributed by atoms with Gasteiger partial charge in [-0.3, -0.25) is 9.69 Å². The molecule has 1 amide bonds. The summed E-state index contributed by atoms with van der Waals surface area (Å²) in [4.78, 5) is 18.1. The van der Waals surface area contributed by atoms with Gasteiger partial charge in [0.2, 0.25) is 15.9 Å². The van der Waals surface area contributed by atoms with E-state index in [2.05, 4.69) is 48.0 Å². The Bertz CT molecular complexity index is 1840. The van der Waals surface area contributed by atoms with Crippen LogP contribution in [0.1, 0.15) is 62.3 Å². The molecule has 1 heterocycles. The lowest BCUT2D eigenvalue weighted by Crippen LogP contribution is -2.61. The molecule has 1 unspecified atom stereocenters. The molecule has 3 aliphatic carbocycles. The second-order valence-electron chi connectivity index (χ2n) is 16.1. The molecule has 6 atom stereocenters. The average Bonchev–Trinajstić information content (AvgIpc) is 3.40. The number of carbonyl (C=O) groups is 1. The molecule has 3 aromatic carbocycles. The maximum Gasteiger partial charge on any atom is 0.238 e. The number of halogens is 2. The summed E-state index contributed by atoms with van der Waals surface area (Å²) >= 11 is 6.63. The molecular weight excluding hydrogens is 699 g/mol. The van der Waals surface area contributed by atoms with Crippen LogP contribution < -0.4 is 10.1 Å². The van der Waals surface area contributed by atoms with Crippen LogP contribution in [0.4, 0.5) is 4.39 Å². The molecule has 4 fully saturated rings. The van der Waals surface area contributed by atoms with Gasteiger partial charge in [0.25, 0.3) is 0 Å². The zero-order valence-electron chi connectivity index (χ0n) is 31.3. The van der Waals surface area contributed by atoms with Crippen molar-refractivity contribution in [2.24, 2.45) is 23.2 Å². The van der Waals surface area contributed by atoms with E-state index in [0.29, 0.717) is 46.8 Å². The number of nitrogens with zero attached hydrogens (tertiary/aromatic N) is 3. The van der Waals surface area contributed by atoms with Crippen molar-refractivity contribution in [1.82, 2.24) is 19.4 Å². The first-order valence-electron chi connectivity index (χ1n) is 18.5. The lowest BCUT2D eigenvalue weighted by molar-refractivity contribution is -0.136. The smallest absolute Gasteiger partial charge is 0.238 e. The largest absolute Gasteiger partial charge is 0.494 e. The van der Waals surface area contributed by atoms with Crippen molar-refractivity contribution in [3.8, 4) is 5.75 Å². The zero-order valence-corrected chi connectivity index (χ0v) is 32.9. The van der Waals surface area contributed by atoms with Crippen molar-refractivity contribution in [3.63, 3.8) is 0 Å². The first-order valence-corrected chi connectivity index (χ1v) is 20.5. The molecule has 0 radical (unpaired) electrons. The Morgan fingerprint density at radius 3 is 2.42 bits per heavy atom. The van der Waals surface area contributed by atoms with E-state index in [9.17, 15) is 13.2 Å². The molecule has 8 nitrogen and oxygen atoms in total. The van der Waals surface area contributed by atoms with E-state index in [1.807, 2.05) is 56.6 Å². The number of benzene rings is 3. The van der Waals surface area contributed by atoms with E-state index >= 15 is 4.39 Å². The number of amides is 1. The fourth-order valence-corrected chi connectivity index (χ4v) is 11.0. The standard InChI is InChI=1S/C41H54ClFN4O4S/c1-27-34-21-31(41(34,2)3)22-36(27)44-40(48)37-17-18-52(49,50)47(37)24-30-14-10-13-29(19-30)23-46(26-33-35(42)15-16-38(51-6)39(33)43)32(25-45(4)5)20-28-11-8-7-9-12-28/h7-16,19,27,31-32,34,36-37H,17-18,20-26H2,1-6H3,(H,44,48)/t27-,31-,32-,34+,36-,37?/m0/s1. The number of rotatable bonds is 14. The van der Waals surface area contributed by atoms with Crippen molar-refractivity contribution < 1.29 is 22.3 Å². The second-order valence-corrected chi connectivity index (χ2v) is 18.6. The van der Waals surface area contributed by atoms with Crippen LogP contribution in [0.25, 0.3) is 0 Å². The molecule has 1 saturated heterocycles. The topological polar surface area (TPSA) is 82.2 Å². The summed E-state index contributed by atoms with van der Waals surface area (Å²) in [7, 11) is 1.87. The van der Waals surface area contributed by atoms with Crippen LogP contribution in [0, 0.1) is 29.0 Å². The van der Waals surface area contributed by atoms with Crippen LogP contribution in [0.2, 0.25) is 5.02 Å². The Balaban J connectivity index is 1.24. The first kappa shape index (κ1) is 38.7. The lowest BCUT2D eigenvalue weighted by atomic mass is 9.45. The summed E-state index contributed by atoms with van der Waals surface area (Å²) in [6, 6.07) is 20.6. The third-order valence-corrected chi connectivity index (χ3v) is 14.4. The highest BCUT2D eigenvalue weighted by Gasteiger charge is 2.56. The molecule has 52 heavy (non-hydrogen) atoms. The van der Waals surface area contributed by atoms with Crippen LogP contribution in [-0.4, -0.2) is 80.1 Å². The predicted octanol–water partition coefficient (Wildman–Crippen LogP) is 6.75. The van der Waals surface area contributed by atoms with Gasteiger partial charge in [0, 0.05) is 48.8 Å². The highest BCUT2D eigenvalue weighted by atomic mass is 35.5. The monoisotopic (exact) mass is 752 g/mol. The summed E-state index contributed by atoms with van der Waals surface area (Å²) in [5.74, 6) is 0.935. The highest BCUT2D eigenvalue weighted by molar-refractivity contribution is 7.89. The van der Waals surface area contributed by atoms with Gasteiger partial charge in [-0.05, 0) is 91.8 Å². The Hall–Kier alpha value is -3.02. The van der Waals surface area contributed by atoms with Gasteiger partial charge in [-0.2, -0.15) is 4.31 Å². The minimum atomic E-state index is -3.62. The quantitative estimate of drug-likeness (QED) is 0.196. The third-order valence-electron chi connectivity index (χ3n) is 12.2. The number of ether oxygens (including phenoxy) is 1. The van der Waals surface area contributed by atoms with E-state index in [-0.39, 0.29) is 49.0 Å². The van der Waals surface area contributed by atoms with E-state index in [0.717, 1.165) is 29.5 Å². The number of carbonyl (C=O) groups excluding carboxylic acids is 1. The maximum absolute atomic E-state index is 15.7. The number of methoxy groups -OCH3 is 1. The van der Waals surface area contributed by atoms with Crippen molar-refractivity contribution in [3.05, 3.63) is 99.8 Å². The van der Waals surface area contributed by atoms with Gasteiger partial charge in [-0.1, -0.05) is 87.0 Å². The van der Waals surface area contributed by atoms with Crippen molar-refractivity contribution >= 4 is 27.5 Å². The van der Waals surface area contributed by atoms with Crippen LogP contribution in [-0.2, 0) is 40.9 Å². The highest BCUT2D eigenvalue weighted by Crippen LogP contribution is 2.61. The lowest BCUT2D eigenvalue weighted by Gasteiger charge is -2.62. The predicted molar refractivity (Wildman–Crippen MR) is 205 cm³/mol. The zero-order chi connectivity index (χ0) is 37.4. The summed E-state index contributed by atoms with van der Waals surface area (Å²) in [5.41, 5.74) is 3.57. The molecule has 1 aliphatic heterocycles. The Morgan fingerprint density at radius 1 is 1.04 bits per heavy atom. The van der Waals surface area contributed by atoms with E-state index in [1.165, 1.54) is 23.9 Å². The molecule has 3 saturated carbocycles. The summed E-state index contributed by atoms with van der Waals surface area (Å²) < 4.78 is 49.2. The Kier molecular flexibility index (Phi) is 11.7. The molecular formula is C41H54ClFN4O4S. The van der Waals surface area contributed by atoms with Gasteiger partial charge < -0.3 is 15.0 Å². The second kappa shape index (κ2) is 15.8. The molecule has 4 aliphatic rings. The van der Waals surface area contributed by atoms with E-state index in [1.54, 1.807) is 6.07 Å². The summed E-state index contributed by atoms with van der Waals surface area (Å²) in [6.45, 7) is 8.39. The van der Waals surface area contributed by atoms with Gasteiger partial charge >= 0.3 is 0 Å². The molecule has 3 aromatic rings. The fourth-order valence-electron chi connectivity index (χ4n) is 9.06. The van der Waals surface area contributed by atoms with Crippen LogP contribution in [0.15, 0.2) is 66.7 Å². The fraction of sp³-hybridized carbons (Fsp3) is 0.537. The van der Waals surface area contributed by atoms with Crippen LogP contribution >= 0.6 is 11.6 Å². The van der Waals surface area contributed by atoms with Crippen LogP contribution in [0.5, 0.6) is 5.75 Å². The normalized spacial score (nSPS) is 25.5. The number of sulfonamides is 1. The molecule has 282 valence electrons.